The zero-order valence-corrected chi connectivity index (χ0v) is 14.8. The van der Waals surface area contributed by atoms with Crippen LogP contribution in [0.5, 0.6) is 0 Å². The molecule has 2 aromatic carbocycles. The molecule has 0 atom stereocenters. The third-order valence-electron chi connectivity index (χ3n) is 5.53. The van der Waals surface area contributed by atoms with E-state index in [1.807, 2.05) is 11.0 Å². The molecule has 0 N–H and O–H groups in total. The number of hydrogen-bond donors (Lipinski definition) is 0. The van der Waals surface area contributed by atoms with Crippen molar-refractivity contribution in [2.45, 2.75) is 18.3 Å². The molecule has 0 bridgehead atoms. The third kappa shape index (κ3) is 3.25. The molecule has 0 spiro atoms. The highest BCUT2D eigenvalue weighted by atomic mass is 19.1. The largest absolute Gasteiger partial charge is 0.368 e. The Morgan fingerprint density at radius 1 is 1.04 bits per heavy atom. The number of amides is 1. The van der Waals surface area contributed by atoms with Gasteiger partial charge >= 0.3 is 0 Å². The summed E-state index contributed by atoms with van der Waals surface area (Å²) in [7, 11) is 0. The Labute approximate surface area is 156 Å². The fourth-order valence-electron chi connectivity index (χ4n) is 3.79. The van der Waals surface area contributed by atoms with Crippen LogP contribution in [0.1, 0.15) is 18.4 Å². The average molecular weight is 369 g/mol. The summed E-state index contributed by atoms with van der Waals surface area (Å²) in [4.78, 5) is 27.6. The van der Waals surface area contributed by atoms with E-state index in [9.17, 15) is 19.3 Å². The molecule has 1 saturated heterocycles. The number of nitro groups is 1. The predicted molar refractivity (Wildman–Crippen MR) is 99.2 cm³/mol. The number of nitro benzene ring substituents is 1. The van der Waals surface area contributed by atoms with E-state index < -0.39 is 10.3 Å². The highest BCUT2D eigenvalue weighted by Crippen LogP contribution is 2.49. The molecule has 1 amide bonds. The van der Waals surface area contributed by atoms with Gasteiger partial charge in [-0.05, 0) is 36.6 Å². The van der Waals surface area contributed by atoms with Crippen LogP contribution in [0.15, 0.2) is 48.5 Å². The summed E-state index contributed by atoms with van der Waals surface area (Å²) in [6.07, 6.45) is 1.59. The van der Waals surface area contributed by atoms with Crippen molar-refractivity contribution in [2.24, 2.45) is 0 Å². The molecule has 0 unspecified atom stereocenters. The van der Waals surface area contributed by atoms with Gasteiger partial charge in [0.25, 0.3) is 5.69 Å². The quantitative estimate of drug-likeness (QED) is 0.613. The summed E-state index contributed by atoms with van der Waals surface area (Å²) in [5.41, 5.74) is 1.26. The number of halogens is 1. The summed E-state index contributed by atoms with van der Waals surface area (Å²) < 4.78 is 13.2. The normalized spacial score (nSPS) is 18.3. The number of carbonyl (C=O) groups is 1. The lowest BCUT2D eigenvalue weighted by Crippen LogP contribution is -2.51. The highest BCUT2D eigenvalue weighted by Gasteiger charge is 2.53. The molecule has 4 rings (SSSR count). The van der Waals surface area contributed by atoms with Gasteiger partial charge in [-0.2, -0.15) is 0 Å². The average Bonchev–Trinajstić information content (AvgIpc) is 3.50. The number of hydrogen-bond acceptors (Lipinski definition) is 4. The molecular weight excluding hydrogens is 349 g/mol. The Bertz CT molecular complexity index is 872. The van der Waals surface area contributed by atoms with E-state index in [-0.39, 0.29) is 17.4 Å². The topological polar surface area (TPSA) is 66.7 Å². The van der Waals surface area contributed by atoms with Gasteiger partial charge in [-0.1, -0.05) is 18.2 Å². The summed E-state index contributed by atoms with van der Waals surface area (Å²) in [5.74, 6) is -0.194. The monoisotopic (exact) mass is 369 g/mol. The van der Waals surface area contributed by atoms with Gasteiger partial charge in [0.1, 0.15) is 5.82 Å². The lowest BCUT2D eigenvalue weighted by atomic mass is 9.94. The van der Waals surface area contributed by atoms with E-state index >= 15 is 0 Å². The molecule has 1 aliphatic carbocycles. The van der Waals surface area contributed by atoms with Crippen LogP contribution in [-0.2, 0) is 10.2 Å². The first-order valence-corrected chi connectivity index (χ1v) is 9.04. The lowest BCUT2D eigenvalue weighted by Gasteiger charge is -2.37. The van der Waals surface area contributed by atoms with E-state index in [0.717, 1.165) is 24.1 Å². The van der Waals surface area contributed by atoms with Gasteiger partial charge in [-0.25, -0.2) is 4.39 Å². The molecule has 2 fully saturated rings. The number of piperazine rings is 1. The Balaban J connectivity index is 1.43. The van der Waals surface area contributed by atoms with Gasteiger partial charge in [0.15, 0.2) is 0 Å². The number of carbonyl (C=O) groups excluding carboxylic acids is 1. The minimum Gasteiger partial charge on any atom is -0.368 e. The number of nitrogens with zero attached hydrogens (tertiary/aromatic N) is 3. The molecule has 140 valence electrons. The van der Waals surface area contributed by atoms with E-state index in [1.165, 1.54) is 18.2 Å². The molecule has 1 aliphatic heterocycles. The van der Waals surface area contributed by atoms with Crippen LogP contribution < -0.4 is 4.90 Å². The Kier molecular flexibility index (Phi) is 4.30. The SMILES string of the molecule is O=C(N1CCN(c2cccc([N+](=O)[O-])c2)CC1)C1(c2ccc(F)cc2)CC1. The highest BCUT2D eigenvalue weighted by molar-refractivity contribution is 5.91. The number of benzene rings is 2. The minimum atomic E-state index is -0.499. The Morgan fingerprint density at radius 3 is 2.30 bits per heavy atom. The van der Waals surface area contributed by atoms with Crippen LogP contribution in [0.4, 0.5) is 15.8 Å². The van der Waals surface area contributed by atoms with Gasteiger partial charge in [-0.3, -0.25) is 14.9 Å². The van der Waals surface area contributed by atoms with Crippen molar-refractivity contribution < 1.29 is 14.1 Å². The van der Waals surface area contributed by atoms with Crippen molar-refractivity contribution in [3.63, 3.8) is 0 Å². The van der Waals surface area contributed by atoms with Crippen LogP contribution in [0, 0.1) is 15.9 Å². The second-order valence-corrected chi connectivity index (χ2v) is 7.15. The Morgan fingerprint density at radius 2 is 1.70 bits per heavy atom. The van der Waals surface area contributed by atoms with Crippen LogP contribution in [0.25, 0.3) is 0 Å². The summed E-state index contributed by atoms with van der Waals surface area (Å²) >= 11 is 0. The number of anilines is 1. The number of non-ortho nitro benzene ring substituents is 1. The third-order valence-corrected chi connectivity index (χ3v) is 5.53. The summed E-state index contributed by atoms with van der Waals surface area (Å²) in [6.45, 7) is 2.41. The predicted octanol–water partition coefficient (Wildman–Crippen LogP) is 3.11. The molecule has 0 aromatic heterocycles. The van der Waals surface area contributed by atoms with Crippen molar-refractivity contribution in [1.82, 2.24) is 4.90 Å². The zero-order chi connectivity index (χ0) is 19.0. The van der Waals surface area contributed by atoms with E-state index in [2.05, 4.69) is 4.90 Å². The molecule has 6 nitrogen and oxygen atoms in total. The smallest absolute Gasteiger partial charge is 0.271 e. The molecule has 2 aromatic rings. The van der Waals surface area contributed by atoms with Crippen LogP contribution >= 0.6 is 0 Å². The number of rotatable bonds is 4. The lowest BCUT2D eigenvalue weighted by molar-refractivity contribution is -0.384. The van der Waals surface area contributed by atoms with Crippen LogP contribution in [0.2, 0.25) is 0 Å². The van der Waals surface area contributed by atoms with Crippen molar-refractivity contribution in [2.75, 3.05) is 31.1 Å². The molecule has 1 saturated carbocycles. The maximum atomic E-state index is 13.2. The van der Waals surface area contributed by atoms with Gasteiger partial charge in [0.2, 0.25) is 5.91 Å². The van der Waals surface area contributed by atoms with Gasteiger partial charge in [0, 0.05) is 44.0 Å². The standard InChI is InChI=1S/C20H20FN3O3/c21-16-6-4-15(5-7-16)20(8-9-20)19(25)23-12-10-22(11-13-23)17-2-1-3-18(14-17)24(26)27/h1-7,14H,8-13H2. The van der Waals surface area contributed by atoms with Gasteiger partial charge in [0.05, 0.1) is 10.3 Å². The van der Waals surface area contributed by atoms with Crippen molar-refractivity contribution in [3.8, 4) is 0 Å². The minimum absolute atomic E-state index is 0.0687. The first-order chi connectivity index (χ1) is 13.0. The zero-order valence-electron chi connectivity index (χ0n) is 14.8. The maximum Gasteiger partial charge on any atom is 0.271 e. The molecular formula is C20H20FN3O3. The second-order valence-electron chi connectivity index (χ2n) is 7.15. The molecule has 27 heavy (non-hydrogen) atoms. The van der Waals surface area contributed by atoms with Crippen molar-refractivity contribution >= 4 is 17.3 Å². The maximum absolute atomic E-state index is 13.2. The van der Waals surface area contributed by atoms with E-state index in [4.69, 9.17) is 0 Å². The molecule has 7 heteroatoms. The fourth-order valence-corrected chi connectivity index (χ4v) is 3.79. The van der Waals surface area contributed by atoms with Gasteiger partial charge in [-0.15, -0.1) is 0 Å². The van der Waals surface area contributed by atoms with Crippen LogP contribution in [0.3, 0.4) is 0 Å². The van der Waals surface area contributed by atoms with E-state index in [0.29, 0.717) is 26.2 Å². The molecule has 2 aliphatic rings. The molecule has 1 heterocycles. The van der Waals surface area contributed by atoms with E-state index in [1.54, 1.807) is 24.3 Å². The first kappa shape index (κ1) is 17.5. The summed E-state index contributed by atoms with van der Waals surface area (Å²) in [6, 6.07) is 12.8. The Hall–Kier alpha value is -2.96. The van der Waals surface area contributed by atoms with Crippen molar-refractivity contribution in [1.29, 1.82) is 0 Å². The van der Waals surface area contributed by atoms with Gasteiger partial charge < -0.3 is 9.80 Å². The first-order valence-electron chi connectivity index (χ1n) is 9.04. The molecule has 0 radical (unpaired) electrons. The summed E-state index contributed by atoms with van der Waals surface area (Å²) in [5, 5.41) is 11.0. The fraction of sp³-hybridized carbons (Fsp3) is 0.350. The van der Waals surface area contributed by atoms with Crippen molar-refractivity contribution in [3.05, 3.63) is 70.0 Å². The van der Waals surface area contributed by atoms with Crippen LogP contribution in [-0.4, -0.2) is 41.9 Å². The second kappa shape index (κ2) is 6.64.